The van der Waals surface area contributed by atoms with Crippen molar-refractivity contribution >= 4 is 38.7 Å². The summed E-state index contributed by atoms with van der Waals surface area (Å²) in [5.74, 6) is -0.508. The van der Waals surface area contributed by atoms with Gasteiger partial charge in [0.25, 0.3) is 0 Å². The fourth-order valence-electron chi connectivity index (χ4n) is 2.53. The second kappa shape index (κ2) is 7.01. The number of halogens is 5. The van der Waals surface area contributed by atoms with E-state index in [4.69, 9.17) is 11.6 Å². The van der Waals surface area contributed by atoms with Crippen LogP contribution < -0.4 is 9.73 Å². The molecule has 2 aromatic carbocycles. The third-order valence-corrected chi connectivity index (χ3v) is 5.11. The van der Waals surface area contributed by atoms with E-state index in [-0.39, 0.29) is 40.6 Å². The Morgan fingerprint density at radius 2 is 1.85 bits per heavy atom. The molecule has 1 heterocycles. The lowest BCUT2D eigenvalue weighted by atomic mass is 10.1. The molecule has 5 nitrogen and oxygen atoms in total. The number of benzene rings is 2. The molecule has 0 fully saturated rings. The van der Waals surface area contributed by atoms with Gasteiger partial charge in [0, 0.05) is 23.6 Å². The lowest BCUT2D eigenvalue weighted by Crippen LogP contribution is -2.30. The van der Waals surface area contributed by atoms with Gasteiger partial charge >= 0.3 is 15.5 Å². The molecule has 11 heteroatoms. The molecule has 0 amide bonds. The van der Waals surface area contributed by atoms with E-state index in [1.165, 1.54) is 40.1 Å². The zero-order chi connectivity index (χ0) is 19.8. The molecule has 0 unspecified atom stereocenters. The smallest absolute Gasteiger partial charge is 0.275 e. The highest BCUT2D eigenvalue weighted by atomic mass is 35.5. The Bertz CT molecular complexity index is 1010. The fourth-order valence-corrected chi connectivity index (χ4v) is 3.28. The Balaban J connectivity index is 1.99. The number of nitrogens with one attached hydrogen (secondary N) is 1. The predicted molar refractivity (Wildman–Crippen MR) is 94.9 cm³/mol. The maximum atomic E-state index is 13.9. The van der Waals surface area contributed by atoms with Gasteiger partial charge in [-0.15, -0.1) is 0 Å². The van der Waals surface area contributed by atoms with Crippen molar-refractivity contribution in [2.75, 3.05) is 16.3 Å². The largest absolute Gasteiger partial charge is 0.516 e. The summed E-state index contributed by atoms with van der Waals surface area (Å²) in [6.07, 6.45) is 0.259. The van der Waals surface area contributed by atoms with Crippen LogP contribution in [0.25, 0.3) is 0 Å². The molecular formula is C16H12ClF4N3O2S. The van der Waals surface area contributed by atoms with Gasteiger partial charge in [-0.3, -0.25) is 9.73 Å². The first-order valence-corrected chi connectivity index (χ1v) is 9.43. The summed E-state index contributed by atoms with van der Waals surface area (Å²) in [5, 5.41) is 5.76. The van der Waals surface area contributed by atoms with Crippen LogP contribution in [0.3, 0.4) is 0 Å². The van der Waals surface area contributed by atoms with Crippen LogP contribution in [0.4, 0.5) is 28.9 Å². The summed E-state index contributed by atoms with van der Waals surface area (Å²) >= 11 is 5.91. The van der Waals surface area contributed by atoms with E-state index in [1.807, 2.05) is 0 Å². The Morgan fingerprint density at radius 1 is 1.15 bits per heavy atom. The Labute approximate surface area is 157 Å². The number of sulfonamides is 1. The summed E-state index contributed by atoms with van der Waals surface area (Å²) in [6.45, 7) is 0.272. The molecule has 1 aliphatic heterocycles. The van der Waals surface area contributed by atoms with E-state index >= 15 is 0 Å². The van der Waals surface area contributed by atoms with E-state index in [0.717, 1.165) is 6.07 Å². The van der Waals surface area contributed by atoms with Crippen molar-refractivity contribution in [3.05, 3.63) is 58.9 Å². The Morgan fingerprint density at radius 3 is 2.52 bits per heavy atom. The molecule has 2 aromatic rings. The second-order valence-corrected chi connectivity index (χ2v) is 7.72. The highest BCUT2D eigenvalue weighted by Gasteiger charge is 2.46. The minimum atomic E-state index is -5.61. The van der Waals surface area contributed by atoms with Crippen molar-refractivity contribution in [2.24, 2.45) is 5.10 Å². The summed E-state index contributed by atoms with van der Waals surface area (Å²) in [5.41, 5.74) is -5.21. The molecule has 3 rings (SSSR count). The molecule has 0 radical (unpaired) electrons. The molecule has 0 spiro atoms. The fraction of sp³-hybridized carbons (Fsp3) is 0.188. The number of hydrazone groups is 1. The Kier molecular flexibility index (Phi) is 5.04. The van der Waals surface area contributed by atoms with E-state index in [1.54, 1.807) is 6.07 Å². The van der Waals surface area contributed by atoms with Crippen molar-refractivity contribution in [3.8, 4) is 0 Å². The monoisotopic (exact) mass is 421 g/mol. The molecular weight excluding hydrogens is 410 g/mol. The van der Waals surface area contributed by atoms with Crippen LogP contribution in [0.1, 0.15) is 12.0 Å². The summed E-state index contributed by atoms with van der Waals surface area (Å²) in [4.78, 5) is 0. The van der Waals surface area contributed by atoms with E-state index in [9.17, 15) is 26.0 Å². The molecule has 0 aliphatic carbocycles. The third kappa shape index (κ3) is 4.01. The van der Waals surface area contributed by atoms with Crippen molar-refractivity contribution in [1.82, 2.24) is 0 Å². The SMILES string of the molecule is O=S(=O)(Nc1ccc(Cl)cc1C1=NN(c2ccccc2F)CC1)C(F)(F)F. The van der Waals surface area contributed by atoms with Gasteiger partial charge in [0.05, 0.1) is 17.1 Å². The van der Waals surface area contributed by atoms with Crippen LogP contribution in [-0.2, 0) is 10.0 Å². The molecule has 27 heavy (non-hydrogen) atoms. The number of rotatable bonds is 4. The van der Waals surface area contributed by atoms with Crippen molar-refractivity contribution in [2.45, 2.75) is 11.9 Å². The minimum Gasteiger partial charge on any atom is -0.275 e. The highest BCUT2D eigenvalue weighted by molar-refractivity contribution is 7.93. The van der Waals surface area contributed by atoms with Crippen LogP contribution in [0.5, 0.6) is 0 Å². The summed E-state index contributed by atoms with van der Waals surface area (Å²) in [6, 6.07) is 9.57. The third-order valence-electron chi connectivity index (χ3n) is 3.77. The van der Waals surface area contributed by atoms with Crippen LogP contribution in [0.15, 0.2) is 47.6 Å². The van der Waals surface area contributed by atoms with E-state index in [2.05, 4.69) is 5.10 Å². The molecule has 1 N–H and O–H groups in total. The zero-order valence-corrected chi connectivity index (χ0v) is 15.0. The first-order valence-electron chi connectivity index (χ1n) is 7.57. The maximum absolute atomic E-state index is 13.9. The Hall–Kier alpha value is -2.33. The molecule has 0 bridgehead atoms. The van der Waals surface area contributed by atoms with Gasteiger partial charge in [-0.05, 0) is 30.3 Å². The summed E-state index contributed by atoms with van der Waals surface area (Å²) in [7, 11) is -5.61. The van der Waals surface area contributed by atoms with E-state index in [0.29, 0.717) is 0 Å². The topological polar surface area (TPSA) is 61.8 Å². The van der Waals surface area contributed by atoms with Gasteiger partial charge < -0.3 is 0 Å². The summed E-state index contributed by atoms with van der Waals surface area (Å²) < 4.78 is 76.3. The maximum Gasteiger partial charge on any atom is 0.516 e. The number of nitrogens with zero attached hydrogens (tertiary/aromatic N) is 2. The van der Waals surface area contributed by atoms with Crippen LogP contribution in [0.2, 0.25) is 5.02 Å². The predicted octanol–water partition coefficient (Wildman–Crippen LogP) is 4.36. The average molecular weight is 422 g/mol. The van der Waals surface area contributed by atoms with Crippen LogP contribution in [-0.4, -0.2) is 26.2 Å². The number of hydrogen-bond donors (Lipinski definition) is 1. The normalized spacial score (nSPS) is 15.0. The zero-order valence-electron chi connectivity index (χ0n) is 13.5. The molecule has 0 saturated heterocycles. The lowest BCUT2D eigenvalue weighted by molar-refractivity contribution is -0.0429. The number of alkyl halides is 3. The number of hydrogen-bond acceptors (Lipinski definition) is 4. The van der Waals surface area contributed by atoms with Crippen molar-refractivity contribution in [1.29, 1.82) is 0 Å². The quantitative estimate of drug-likeness (QED) is 0.746. The first kappa shape index (κ1) is 19.4. The van der Waals surface area contributed by atoms with Gasteiger partial charge in [-0.2, -0.15) is 26.7 Å². The second-order valence-electron chi connectivity index (χ2n) is 5.61. The molecule has 1 aliphatic rings. The molecule has 0 atom stereocenters. The van der Waals surface area contributed by atoms with Gasteiger partial charge in [0.2, 0.25) is 0 Å². The van der Waals surface area contributed by atoms with Gasteiger partial charge in [-0.25, -0.2) is 4.39 Å². The van der Waals surface area contributed by atoms with Gasteiger partial charge in [0.15, 0.2) is 0 Å². The molecule has 0 aromatic heterocycles. The lowest BCUT2D eigenvalue weighted by Gasteiger charge is -2.15. The van der Waals surface area contributed by atoms with Gasteiger partial charge in [-0.1, -0.05) is 23.7 Å². The van der Waals surface area contributed by atoms with Crippen LogP contribution in [0, 0.1) is 5.82 Å². The minimum absolute atomic E-state index is 0.0918. The number of para-hydroxylation sites is 1. The van der Waals surface area contributed by atoms with Crippen molar-refractivity contribution < 1.29 is 26.0 Å². The molecule has 144 valence electrons. The van der Waals surface area contributed by atoms with Crippen LogP contribution >= 0.6 is 11.6 Å². The molecule has 0 saturated carbocycles. The number of anilines is 2. The van der Waals surface area contributed by atoms with Gasteiger partial charge in [0.1, 0.15) is 5.82 Å². The highest BCUT2D eigenvalue weighted by Crippen LogP contribution is 2.31. The van der Waals surface area contributed by atoms with Crippen molar-refractivity contribution in [3.63, 3.8) is 0 Å². The standard InChI is InChI=1S/C16H12ClF4N3O2S/c17-10-5-6-14(23-27(25,26)16(19,20)21)11(9-10)13-7-8-24(22-13)15-4-2-1-3-12(15)18/h1-6,9,23H,7-8H2. The first-order chi connectivity index (χ1) is 12.6. The van der Waals surface area contributed by atoms with E-state index < -0.39 is 21.3 Å². The average Bonchev–Trinajstić information content (AvgIpc) is 3.05.